The van der Waals surface area contributed by atoms with Crippen LogP contribution in [0.15, 0.2) is 36.8 Å². The van der Waals surface area contributed by atoms with Crippen LogP contribution in [0.5, 0.6) is 0 Å². The number of Topliss-reactive ketones (excluding diaryl/α,β-unsaturated/α-hetero) is 1. The number of carbonyl (C=O) groups is 2. The van der Waals surface area contributed by atoms with Crippen molar-refractivity contribution in [1.29, 1.82) is 0 Å². The number of hydrogen-bond donors (Lipinski definition) is 3. The van der Waals surface area contributed by atoms with Gasteiger partial charge in [0.15, 0.2) is 16.6 Å². The van der Waals surface area contributed by atoms with E-state index in [9.17, 15) is 9.90 Å². The highest BCUT2D eigenvalue weighted by molar-refractivity contribution is 7.22. The fraction of sp³-hybridized carbons (Fsp3) is 0.423. The molecule has 1 aliphatic carbocycles. The molecule has 196 valence electrons. The Balaban J connectivity index is 0.000000747. The molecule has 0 aliphatic heterocycles. The number of carboxylic acids is 1. The molecule has 5 rings (SSSR count). The number of ketones is 1. The molecule has 1 fully saturated rings. The summed E-state index contributed by atoms with van der Waals surface area (Å²) in [5, 5.41) is 22.0. The Bertz CT molecular complexity index is 1390. The smallest absolute Gasteiger partial charge is 0.300 e. The average molecular weight is 525 g/mol. The van der Waals surface area contributed by atoms with Gasteiger partial charge < -0.3 is 25.0 Å². The standard InChI is InChI=1S/C24H28N6O2S.C2H4O2/c1-29(2)13-21(32)16-10-19-23(25-11-16)30(14-26-19)12-15-7-8-18-22(9-15)33-24(28-18)27-17-5-3-4-6-20(17)31;1-2(3)4/h7-11,14,17,20,31H,3-6,12-13H2,1-2H3,(H,27,28);1H3,(H,3,4)/t17-,20-;/m1./s1. The molecule has 10 nitrogen and oxygen atoms in total. The van der Waals surface area contributed by atoms with E-state index in [-0.39, 0.29) is 17.9 Å². The lowest BCUT2D eigenvalue weighted by Gasteiger charge is -2.27. The number of benzene rings is 1. The first-order valence-corrected chi connectivity index (χ1v) is 13.0. The maximum absolute atomic E-state index is 12.3. The number of nitrogens with one attached hydrogen (secondary N) is 1. The zero-order valence-corrected chi connectivity index (χ0v) is 22.0. The minimum absolute atomic E-state index is 0.0322. The highest BCUT2D eigenvalue weighted by Gasteiger charge is 2.23. The predicted molar refractivity (Wildman–Crippen MR) is 144 cm³/mol. The number of aliphatic hydroxyl groups is 1. The Kier molecular flexibility index (Phi) is 8.47. The molecule has 11 heteroatoms. The van der Waals surface area contributed by atoms with Gasteiger partial charge in [-0.05, 0) is 50.7 Å². The molecule has 3 N–H and O–H groups in total. The van der Waals surface area contributed by atoms with Crippen LogP contribution < -0.4 is 5.32 Å². The fourth-order valence-electron chi connectivity index (χ4n) is 4.36. The second-order valence-electron chi connectivity index (χ2n) is 9.54. The van der Waals surface area contributed by atoms with Crippen molar-refractivity contribution < 1.29 is 19.8 Å². The SMILES string of the molecule is CC(=O)O.CN(C)CC(=O)c1cnc2c(c1)ncn2Cc1ccc2nc(N[C@@H]3CCCC[C@H]3O)sc2c1. The Morgan fingerprint density at radius 1 is 1.16 bits per heavy atom. The Morgan fingerprint density at radius 2 is 1.92 bits per heavy atom. The first-order chi connectivity index (χ1) is 17.7. The van der Waals surface area contributed by atoms with E-state index in [1.54, 1.807) is 23.9 Å². The second-order valence-corrected chi connectivity index (χ2v) is 10.6. The number of carboxylic acid groups (broad SMARTS) is 1. The second kappa shape index (κ2) is 11.8. The summed E-state index contributed by atoms with van der Waals surface area (Å²) < 4.78 is 3.10. The van der Waals surface area contributed by atoms with Crippen LogP contribution in [0.4, 0.5) is 5.13 Å². The van der Waals surface area contributed by atoms with E-state index in [1.807, 2.05) is 35.7 Å². The first kappa shape index (κ1) is 26.6. The number of carbonyl (C=O) groups excluding carboxylic acids is 1. The minimum atomic E-state index is -0.833. The van der Waals surface area contributed by atoms with E-state index in [0.717, 1.165) is 64.7 Å². The highest BCUT2D eigenvalue weighted by atomic mass is 32.1. The molecular weight excluding hydrogens is 492 g/mol. The van der Waals surface area contributed by atoms with Gasteiger partial charge in [0.05, 0.1) is 41.8 Å². The molecule has 1 aromatic carbocycles. The van der Waals surface area contributed by atoms with Crippen molar-refractivity contribution in [2.24, 2.45) is 0 Å². The summed E-state index contributed by atoms with van der Waals surface area (Å²) in [4.78, 5) is 36.9. The molecule has 2 atom stereocenters. The summed E-state index contributed by atoms with van der Waals surface area (Å²) in [7, 11) is 3.74. The number of imidazole rings is 1. The molecule has 0 unspecified atom stereocenters. The molecule has 0 radical (unpaired) electrons. The van der Waals surface area contributed by atoms with Crippen LogP contribution in [-0.2, 0) is 11.3 Å². The van der Waals surface area contributed by atoms with Crippen molar-refractivity contribution in [3.8, 4) is 0 Å². The zero-order chi connectivity index (χ0) is 26.5. The number of aliphatic hydroxyl groups excluding tert-OH is 1. The molecular formula is C26H32N6O4S. The third kappa shape index (κ3) is 6.88. The summed E-state index contributed by atoms with van der Waals surface area (Å²) in [6.45, 7) is 2.06. The summed E-state index contributed by atoms with van der Waals surface area (Å²) in [5.74, 6) is -0.801. The molecule has 1 aliphatic rings. The van der Waals surface area contributed by atoms with Gasteiger partial charge in [-0.2, -0.15) is 0 Å². The third-order valence-corrected chi connectivity index (χ3v) is 7.03. The lowest BCUT2D eigenvalue weighted by atomic mass is 9.93. The number of aliphatic carboxylic acids is 1. The van der Waals surface area contributed by atoms with Crippen molar-refractivity contribution in [3.63, 3.8) is 0 Å². The van der Waals surface area contributed by atoms with Crippen molar-refractivity contribution in [2.45, 2.75) is 51.3 Å². The first-order valence-electron chi connectivity index (χ1n) is 12.2. The van der Waals surface area contributed by atoms with Gasteiger partial charge in [0, 0.05) is 18.7 Å². The van der Waals surface area contributed by atoms with Gasteiger partial charge in [-0.3, -0.25) is 9.59 Å². The normalized spacial score (nSPS) is 17.5. The van der Waals surface area contributed by atoms with E-state index >= 15 is 0 Å². The summed E-state index contributed by atoms with van der Waals surface area (Å²) >= 11 is 1.62. The largest absolute Gasteiger partial charge is 0.481 e. The Labute approximate surface area is 219 Å². The zero-order valence-electron chi connectivity index (χ0n) is 21.2. The summed E-state index contributed by atoms with van der Waals surface area (Å²) in [5.41, 5.74) is 4.14. The van der Waals surface area contributed by atoms with Crippen LogP contribution in [0.2, 0.25) is 0 Å². The van der Waals surface area contributed by atoms with Crippen molar-refractivity contribution in [1.82, 2.24) is 24.4 Å². The summed E-state index contributed by atoms with van der Waals surface area (Å²) in [6, 6.07) is 8.15. The number of likely N-dealkylation sites (N-methyl/N-ethyl adjacent to an activating group) is 1. The predicted octanol–water partition coefficient (Wildman–Crippen LogP) is 3.64. The van der Waals surface area contributed by atoms with Crippen molar-refractivity contribution >= 4 is 49.6 Å². The van der Waals surface area contributed by atoms with Crippen LogP contribution in [0, 0.1) is 0 Å². The molecule has 1 saturated carbocycles. The van der Waals surface area contributed by atoms with Gasteiger partial charge in [-0.15, -0.1) is 0 Å². The molecule has 0 saturated heterocycles. The van der Waals surface area contributed by atoms with E-state index in [4.69, 9.17) is 14.9 Å². The molecule has 3 heterocycles. The number of thiazole rings is 1. The van der Waals surface area contributed by atoms with Gasteiger partial charge in [0.25, 0.3) is 5.97 Å². The topological polar surface area (TPSA) is 133 Å². The number of aromatic nitrogens is 4. The van der Waals surface area contributed by atoms with Crippen LogP contribution in [0.25, 0.3) is 21.4 Å². The maximum atomic E-state index is 12.3. The number of pyridine rings is 1. The van der Waals surface area contributed by atoms with Gasteiger partial charge >= 0.3 is 0 Å². The number of nitrogens with zero attached hydrogens (tertiary/aromatic N) is 5. The lowest BCUT2D eigenvalue weighted by Crippen LogP contribution is -2.36. The lowest BCUT2D eigenvalue weighted by molar-refractivity contribution is -0.134. The molecule has 0 bridgehead atoms. The van der Waals surface area contributed by atoms with E-state index in [2.05, 4.69) is 27.4 Å². The quantitative estimate of drug-likeness (QED) is 0.310. The molecule has 3 aromatic heterocycles. The third-order valence-electron chi connectivity index (χ3n) is 6.08. The van der Waals surface area contributed by atoms with Crippen LogP contribution >= 0.6 is 11.3 Å². The van der Waals surface area contributed by atoms with Crippen LogP contribution in [-0.4, -0.2) is 79.2 Å². The van der Waals surface area contributed by atoms with Gasteiger partial charge in [-0.1, -0.05) is 30.2 Å². The van der Waals surface area contributed by atoms with Crippen LogP contribution in [0.1, 0.15) is 48.5 Å². The number of hydrogen-bond acceptors (Lipinski definition) is 9. The van der Waals surface area contributed by atoms with Gasteiger partial charge in [0.2, 0.25) is 0 Å². The van der Waals surface area contributed by atoms with Gasteiger partial charge in [-0.25, -0.2) is 15.0 Å². The number of anilines is 1. The Hall–Kier alpha value is -3.41. The monoisotopic (exact) mass is 524 g/mol. The minimum Gasteiger partial charge on any atom is -0.481 e. The van der Waals surface area contributed by atoms with Gasteiger partial charge in [0.1, 0.15) is 5.52 Å². The number of rotatable bonds is 7. The van der Waals surface area contributed by atoms with Crippen molar-refractivity contribution in [3.05, 3.63) is 47.9 Å². The van der Waals surface area contributed by atoms with Crippen molar-refractivity contribution in [2.75, 3.05) is 26.0 Å². The fourth-order valence-corrected chi connectivity index (χ4v) is 5.35. The summed E-state index contributed by atoms with van der Waals surface area (Å²) in [6.07, 6.45) is 7.16. The van der Waals surface area contributed by atoms with E-state index in [0.29, 0.717) is 18.7 Å². The Morgan fingerprint density at radius 3 is 2.65 bits per heavy atom. The molecule has 37 heavy (non-hydrogen) atoms. The van der Waals surface area contributed by atoms with Crippen LogP contribution in [0.3, 0.4) is 0 Å². The van der Waals surface area contributed by atoms with E-state index in [1.165, 1.54) is 0 Å². The highest BCUT2D eigenvalue weighted by Crippen LogP contribution is 2.30. The molecule has 0 spiro atoms. The maximum Gasteiger partial charge on any atom is 0.300 e. The number of fused-ring (bicyclic) bond motifs is 2. The molecule has 0 amide bonds. The molecule has 4 aromatic rings. The van der Waals surface area contributed by atoms with E-state index < -0.39 is 5.97 Å². The average Bonchev–Trinajstić information content (AvgIpc) is 3.42.